The smallest absolute Gasteiger partial charge is 0.0701 e. The lowest BCUT2D eigenvalue weighted by Crippen LogP contribution is -2.26. The molecule has 0 unspecified atom stereocenters. The molecule has 188 valence electrons. The summed E-state index contributed by atoms with van der Waals surface area (Å²) in [5.41, 5.74) is 9.24. The minimum Gasteiger partial charge on any atom is -0.378 e. The number of nitrogens with one attached hydrogen (secondary N) is 1. The molecule has 0 saturated carbocycles. The summed E-state index contributed by atoms with van der Waals surface area (Å²) in [5, 5.41) is 3.92. The van der Waals surface area contributed by atoms with E-state index in [1.807, 2.05) is 51.2 Å². The average Bonchev–Trinajstić information content (AvgIpc) is 2.82. The van der Waals surface area contributed by atoms with E-state index in [9.17, 15) is 0 Å². The second-order valence-electron chi connectivity index (χ2n) is 7.32. The van der Waals surface area contributed by atoms with E-state index in [4.69, 9.17) is 26.8 Å². The van der Waals surface area contributed by atoms with Crippen molar-refractivity contribution in [2.45, 2.75) is 38.6 Å². The maximum atomic E-state index is 6.19. The molecule has 0 aliphatic carbocycles. The molecule has 0 radical (unpaired) electrons. The molecule has 2 aromatic carbocycles. The Labute approximate surface area is 212 Å². The minimum absolute atomic E-state index is 0.580. The molecule has 2 aromatic rings. The van der Waals surface area contributed by atoms with Crippen LogP contribution in [0.5, 0.6) is 0 Å². The van der Waals surface area contributed by atoms with Gasteiger partial charge in [0, 0.05) is 36.1 Å². The summed E-state index contributed by atoms with van der Waals surface area (Å²) in [6.07, 6.45) is 1.13. The zero-order valence-electron chi connectivity index (χ0n) is 21.1. The molecule has 3 N–H and O–H groups in total. The van der Waals surface area contributed by atoms with Crippen molar-refractivity contribution in [3.8, 4) is 0 Å². The van der Waals surface area contributed by atoms with Gasteiger partial charge in [-0.15, -0.1) is 12.6 Å². The Balaban J connectivity index is 0.000000466. The maximum Gasteiger partial charge on any atom is 0.0701 e. The van der Waals surface area contributed by atoms with Crippen LogP contribution in [0.25, 0.3) is 0 Å². The summed E-state index contributed by atoms with van der Waals surface area (Å²) in [4.78, 5) is 3.33. The largest absolute Gasteiger partial charge is 0.378 e. The summed E-state index contributed by atoms with van der Waals surface area (Å²) in [6, 6.07) is 14.1. The van der Waals surface area contributed by atoms with Crippen molar-refractivity contribution < 1.29 is 9.47 Å². The van der Waals surface area contributed by atoms with Gasteiger partial charge >= 0.3 is 0 Å². The predicted molar refractivity (Wildman–Crippen MR) is 146 cm³/mol. The number of benzene rings is 2. The van der Waals surface area contributed by atoms with Crippen molar-refractivity contribution in [2.24, 2.45) is 5.73 Å². The summed E-state index contributed by atoms with van der Waals surface area (Å²) in [6.45, 7) is 12.4. The third-order valence-corrected chi connectivity index (χ3v) is 5.15. The molecule has 0 aromatic heterocycles. The van der Waals surface area contributed by atoms with Crippen molar-refractivity contribution in [2.75, 3.05) is 60.2 Å². The summed E-state index contributed by atoms with van der Waals surface area (Å²) < 4.78 is 10.3. The highest BCUT2D eigenvalue weighted by Gasteiger charge is 2.15. The Kier molecular flexibility index (Phi) is 20.7. The van der Waals surface area contributed by atoms with E-state index >= 15 is 0 Å². The van der Waals surface area contributed by atoms with E-state index in [1.165, 1.54) is 16.7 Å². The van der Waals surface area contributed by atoms with Crippen LogP contribution in [0.15, 0.2) is 47.4 Å². The Bertz CT molecular complexity index is 712. The zero-order valence-corrected chi connectivity index (χ0v) is 22.7. The van der Waals surface area contributed by atoms with Crippen LogP contribution < -0.4 is 11.1 Å². The lowest BCUT2D eigenvalue weighted by molar-refractivity contribution is 0.0523. The van der Waals surface area contributed by atoms with Crippen LogP contribution in [0, 0.1) is 6.92 Å². The van der Waals surface area contributed by atoms with Gasteiger partial charge in [0.25, 0.3) is 0 Å². The molecule has 3 rings (SSSR count). The van der Waals surface area contributed by atoms with Crippen LogP contribution >= 0.6 is 24.2 Å². The van der Waals surface area contributed by atoms with Gasteiger partial charge in [-0.2, -0.15) is 0 Å². The molecule has 0 saturated heterocycles. The molecule has 7 heteroatoms. The Hall–Kier alpha value is -1.12. The van der Waals surface area contributed by atoms with Gasteiger partial charge in [-0.05, 0) is 62.3 Å². The van der Waals surface area contributed by atoms with Crippen LogP contribution in [0.4, 0.5) is 0 Å². The van der Waals surface area contributed by atoms with E-state index in [2.05, 4.69) is 48.9 Å². The quantitative estimate of drug-likeness (QED) is 0.360. The first-order valence-corrected chi connectivity index (χ1v) is 12.5. The number of nitrogens with zero attached hydrogens (tertiary/aromatic N) is 1. The standard InChI is InChI=1S/C11H14ClN.C7H18N2O2.C6H6S.C2H6/c1-8-5-9-3-4-13(2)7-10(9)11(12)6-8;1-9-3-5-11-7-6-10-4-2-8;7-6-4-2-1-3-5-6;1-2/h5-6H,3-4,7H2,1-2H3;9H,2-8H2,1H3;1-5,7H;1-2H3. The number of aryl methyl sites for hydroxylation is 1. The third-order valence-electron chi connectivity index (χ3n) is 4.51. The number of likely N-dealkylation sites (N-methyl/N-ethyl adjacent to an activating group) is 2. The molecular weight excluding hydrogens is 454 g/mol. The second kappa shape index (κ2) is 21.4. The average molecular weight is 498 g/mol. The summed E-state index contributed by atoms with van der Waals surface area (Å²) >= 11 is 10.3. The molecule has 0 fully saturated rings. The van der Waals surface area contributed by atoms with Crippen molar-refractivity contribution in [3.63, 3.8) is 0 Å². The second-order valence-corrected chi connectivity index (χ2v) is 8.25. The zero-order chi connectivity index (χ0) is 24.9. The molecule has 33 heavy (non-hydrogen) atoms. The molecule has 5 nitrogen and oxygen atoms in total. The molecule has 1 heterocycles. The van der Waals surface area contributed by atoms with Gasteiger partial charge in [0.1, 0.15) is 0 Å². The van der Waals surface area contributed by atoms with Crippen LogP contribution in [-0.4, -0.2) is 65.1 Å². The molecule has 1 aliphatic rings. The predicted octanol–water partition coefficient (Wildman–Crippen LogP) is 4.84. The van der Waals surface area contributed by atoms with Gasteiger partial charge in [-0.3, -0.25) is 0 Å². The molecular formula is C26H44ClN3O2S. The Morgan fingerprint density at radius 3 is 2.24 bits per heavy atom. The Morgan fingerprint density at radius 1 is 1.06 bits per heavy atom. The first kappa shape index (κ1) is 31.9. The van der Waals surface area contributed by atoms with Crippen molar-refractivity contribution >= 4 is 24.2 Å². The summed E-state index contributed by atoms with van der Waals surface area (Å²) in [7, 11) is 4.04. The number of hydrogen-bond acceptors (Lipinski definition) is 6. The molecule has 0 atom stereocenters. The first-order chi connectivity index (χ1) is 16.0. The molecule has 1 aliphatic heterocycles. The molecule has 0 amide bonds. The highest BCUT2D eigenvalue weighted by Crippen LogP contribution is 2.27. The number of rotatable bonds is 8. The minimum atomic E-state index is 0.580. The van der Waals surface area contributed by atoms with Crippen molar-refractivity contribution in [3.05, 3.63) is 64.2 Å². The van der Waals surface area contributed by atoms with Crippen LogP contribution in [0.2, 0.25) is 5.02 Å². The van der Waals surface area contributed by atoms with Gasteiger partial charge in [-0.25, -0.2) is 0 Å². The number of thiol groups is 1. The Morgan fingerprint density at radius 2 is 1.70 bits per heavy atom. The van der Waals surface area contributed by atoms with E-state index in [-0.39, 0.29) is 0 Å². The van der Waals surface area contributed by atoms with Gasteiger partial charge in [0.2, 0.25) is 0 Å². The van der Waals surface area contributed by atoms with Crippen LogP contribution in [0.1, 0.15) is 30.5 Å². The lowest BCUT2D eigenvalue weighted by Gasteiger charge is -2.26. The monoisotopic (exact) mass is 497 g/mol. The highest BCUT2D eigenvalue weighted by molar-refractivity contribution is 7.80. The van der Waals surface area contributed by atoms with Gasteiger partial charge in [-0.1, -0.05) is 49.7 Å². The number of hydrogen-bond donors (Lipinski definition) is 3. The van der Waals surface area contributed by atoms with Gasteiger partial charge in [0.05, 0.1) is 26.4 Å². The van der Waals surface area contributed by atoms with E-state index in [0.29, 0.717) is 26.4 Å². The highest BCUT2D eigenvalue weighted by atomic mass is 35.5. The molecule has 0 spiro atoms. The first-order valence-electron chi connectivity index (χ1n) is 11.7. The number of nitrogens with two attached hydrogens (primary N) is 1. The summed E-state index contributed by atoms with van der Waals surface area (Å²) in [5.74, 6) is 0. The van der Waals surface area contributed by atoms with Crippen molar-refractivity contribution in [1.82, 2.24) is 10.2 Å². The number of halogens is 1. The van der Waals surface area contributed by atoms with Crippen LogP contribution in [0.3, 0.4) is 0 Å². The van der Waals surface area contributed by atoms with Gasteiger partial charge < -0.3 is 25.4 Å². The SMILES string of the molecule is CC.CNCCOCCOCCN.Cc1cc(Cl)c2c(c1)CCN(C)C2.Sc1ccccc1. The lowest BCUT2D eigenvalue weighted by atomic mass is 9.98. The fourth-order valence-corrected chi connectivity index (χ4v) is 3.44. The van der Waals surface area contributed by atoms with E-state index < -0.39 is 0 Å². The topological polar surface area (TPSA) is 59.8 Å². The van der Waals surface area contributed by atoms with Crippen LogP contribution in [-0.2, 0) is 22.4 Å². The van der Waals surface area contributed by atoms with E-state index in [1.54, 1.807) is 0 Å². The van der Waals surface area contributed by atoms with Gasteiger partial charge in [0.15, 0.2) is 0 Å². The van der Waals surface area contributed by atoms with E-state index in [0.717, 1.165) is 42.6 Å². The third kappa shape index (κ3) is 16.2. The normalized spacial score (nSPS) is 12.2. The molecule has 0 bridgehead atoms. The van der Waals surface area contributed by atoms with Crippen molar-refractivity contribution in [1.29, 1.82) is 0 Å². The fourth-order valence-electron chi connectivity index (χ4n) is 2.91. The maximum absolute atomic E-state index is 6.19. The number of ether oxygens (including phenoxy) is 2. The number of fused-ring (bicyclic) bond motifs is 1. The fraction of sp³-hybridized carbons (Fsp3) is 0.538.